The molecular weight excluding hydrogens is 831 g/mol. The second kappa shape index (κ2) is 22.0. The van der Waals surface area contributed by atoms with Crippen LogP contribution in [0.2, 0.25) is 0 Å². The molecule has 7 rings (SSSR count). The summed E-state index contributed by atoms with van der Waals surface area (Å²) in [5.74, 6) is -1.80. The number of aryl methyl sites for hydroxylation is 2. The molecule has 2 bridgehead atoms. The van der Waals surface area contributed by atoms with Gasteiger partial charge in [-0.15, -0.1) is 0 Å². The van der Waals surface area contributed by atoms with Crippen molar-refractivity contribution in [3.8, 4) is 0 Å². The van der Waals surface area contributed by atoms with Crippen molar-refractivity contribution in [2.24, 2.45) is 0 Å². The van der Waals surface area contributed by atoms with Gasteiger partial charge in [0.1, 0.15) is 24.4 Å². The summed E-state index contributed by atoms with van der Waals surface area (Å²) in [4.78, 5) is 27.0. The smallest absolute Gasteiger partial charge is 0.242 e. The average molecular weight is 898 g/mol. The summed E-state index contributed by atoms with van der Waals surface area (Å²) in [6, 6.07) is 44.2. The molecule has 0 saturated carbocycles. The summed E-state index contributed by atoms with van der Waals surface area (Å²) in [5, 5.41) is 17.9. The predicted molar refractivity (Wildman–Crippen MR) is 255 cm³/mol. The van der Waals surface area contributed by atoms with E-state index >= 15 is 0 Å². The molecule has 2 saturated heterocycles. The van der Waals surface area contributed by atoms with Gasteiger partial charge in [0.2, 0.25) is 17.6 Å². The molecule has 0 spiro atoms. The topological polar surface area (TPSA) is 128 Å². The van der Waals surface area contributed by atoms with Crippen molar-refractivity contribution in [1.82, 2.24) is 15.5 Å². The fraction of sp³-hybridized carbons (Fsp3) is 0.418. The summed E-state index contributed by atoms with van der Waals surface area (Å²) < 4.78 is 35.2. The Morgan fingerprint density at radius 2 is 1.33 bits per heavy atom. The molecular formula is C55H67N3O8. The van der Waals surface area contributed by atoms with Crippen molar-refractivity contribution in [3.63, 3.8) is 0 Å². The average Bonchev–Trinajstić information content (AvgIpc) is 3.68. The number of ether oxygens (including phenoxy) is 5. The fourth-order valence-corrected chi connectivity index (χ4v) is 8.83. The van der Waals surface area contributed by atoms with Crippen LogP contribution in [0.15, 0.2) is 133 Å². The molecule has 66 heavy (non-hydrogen) atoms. The molecule has 0 aliphatic carbocycles. The van der Waals surface area contributed by atoms with Crippen LogP contribution in [0.1, 0.15) is 78.1 Å². The highest BCUT2D eigenvalue weighted by molar-refractivity contribution is 5.87. The monoisotopic (exact) mass is 897 g/mol. The number of nitrogens with zero attached hydrogens (tertiary/aromatic N) is 1. The van der Waals surface area contributed by atoms with Crippen LogP contribution in [0.5, 0.6) is 0 Å². The first-order chi connectivity index (χ1) is 31.8. The van der Waals surface area contributed by atoms with Crippen LogP contribution < -0.4 is 10.6 Å². The number of rotatable bonds is 22. The van der Waals surface area contributed by atoms with Gasteiger partial charge in [-0.1, -0.05) is 127 Å². The third-order valence-electron chi connectivity index (χ3n) is 12.8. The molecule has 2 fully saturated rings. The molecule has 3 N–H and O–H groups in total. The minimum Gasteiger partial charge on any atom is -0.387 e. The molecule has 2 aliphatic heterocycles. The Kier molecular flexibility index (Phi) is 16.3. The minimum absolute atomic E-state index is 0.0318. The van der Waals surface area contributed by atoms with E-state index in [1.165, 1.54) is 0 Å². The van der Waals surface area contributed by atoms with E-state index in [1.54, 1.807) is 20.8 Å². The van der Waals surface area contributed by atoms with E-state index in [4.69, 9.17) is 23.7 Å². The predicted octanol–water partition coefficient (Wildman–Crippen LogP) is 7.57. The fourth-order valence-electron chi connectivity index (χ4n) is 8.83. The number of hydrogen-bond acceptors (Lipinski definition) is 9. The summed E-state index contributed by atoms with van der Waals surface area (Å²) in [6.45, 7) is 9.40. The molecule has 6 atom stereocenters. The zero-order chi connectivity index (χ0) is 46.7. The lowest BCUT2D eigenvalue weighted by Gasteiger charge is -2.54. The van der Waals surface area contributed by atoms with Crippen molar-refractivity contribution in [2.75, 3.05) is 33.8 Å². The molecule has 0 radical (unpaired) electrons. The maximum absolute atomic E-state index is 12.7. The van der Waals surface area contributed by atoms with E-state index in [2.05, 4.69) is 54.0 Å². The molecule has 0 unspecified atom stereocenters. The number of hydrogen-bond donors (Lipinski definition) is 3. The van der Waals surface area contributed by atoms with E-state index < -0.39 is 41.3 Å². The molecule has 11 nitrogen and oxygen atoms in total. The van der Waals surface area contributed by atoms with Crippen LogP contribution in [0.3, 0.4) is 0 Å². The Hall–Kier alpha value is -5.24. The van der Waals surface area contributed by atoms with Gasteiger partial charge in [0.25, 0.3) is 0 Å². The number of fused-ring (bicyclic) bond motifs is 2. The van der Waals surface area contributed by atoms with Crippen molar-refractivity contribution in [2.45, 2.75) is 115 Å². The lowest BCUT2D eigenvalue weighted by Crippen LogP contribution is -2.72. The normalized spacial score (nSPS) is 22.0. The first-order valence-corrected chi connectivity index (χ1v) is 23.2. The zero-order valence-corrected chi connectivity index (χ0v) is 39.3. The van der Waals surface area contributed by atoms with Crippen LogP contribution in [0, 0.1) is 6.92 Å². The van der Waals surface area contributed by atoms with Gasteiger partial charge in [0.05, 0.1) is 32.0 Å². The molecule has 0 aromatic heterocycles. The van der Waals surface area contributed by atoms with Gasteiger partial charge in [-0.25, -0.2) is 0 Å². The second-order valence-electron chi connectivity index (χ2n) is 18.6. The lowest BCUT2D eigenvalue weighted by atomic mass is 9.74. The standard InChI is InChI=1S/C55H67N3O8/c1-39-25-30-47(34-46(39)33-42-28-26-41(27-29-42)23-16-24-48(59)57-40(2)52(60)56-31-32-58(5)6)55-51(64-37-45-21-14-9-15-22-45)49(62-35-43-17-10-7-11-18-43)50(63-36-44-19-12-8-13-20-44)54(66-55,38-65-55)53(3,4)61/h7-15,17-22,25-30,34,40,49-51,61H,16,23-24,31-33,35-38H2,1-6H3,(H,56,60)(H,57,59)/t40-,49+,50+,51-,54+,55+/m1/s1. The number of carbonyl (C=O) groups excluding carboxylic acids is 2. The maximum atomic E-state index is 12.7. The van der Waals surface area contributed by atoms with Gasteiger partial charge < -0.3 is 44.3 Å². The third kappa shape index (κ3) is 11.8. The van der Waals surface area contributed by atoms with Gasteiger partial charge in [0.15, 0.2) is 5.60 Å². The largest absolute Gasteiger partial charge is 0.387 e. The quantitative estimate of drug-likeness (QED) is 0.0645. The number of aliphatic hydroxyl groups is 1. The third-order valence-corrected chi connectivity index (χ3v) is 12.8. The van der Waals surface area contributed by atoms with Gasteiger partial charge in [-0.05, 0) is 106 Å². The van der Waals surface area contributed by atoms with E-state index in [0.717, 1.165) is 57.5 Å². The number of amides is 2. The summed E-state index contributed by atoms with van der Waals surface area (Å²) >= 11 is 0. The second-order valence-corrected chi connectivity index (χ2v) is 18.6. The number of benzene rings is 5. The molecule has 5 aromatic carbocycles. The minimum atomic E-state index is -1.48. The Bertz CT molecular complexity index is 2320. The summed E-state index contributed by atoms with van der Waals surface area (Å²) in [6.07, 6.45) is 0.00360. The van der Waals surface area contributed by atoms with Gasteiger partial charge >= 0.3 is 0 Å². The number of likely N-dealkylation sites (N-methyl/N-ethyl adjacent to an activating group) is 1. The molecule has 11 heteroatoms. The first-order valence-electron chi connectivity index (χ1n) is 23.2. The zero-order valence-electron chi connectivity index (χ0n) is 39.3. The van der Waals surface area contributed by atoms with Crippen LogP contribution >= 0.6 is 0 Å². The summed E-state index contributed by atoms with van der Waals surface area (Å²) in [7, 11) is 3.89. The van der Waals surface area contributed by atoms with Crippen LogP contribution in [-0.4, -0.2) is 91.2 Å². The van der Waals surface area contributed by atoms with E-state index in [-0.39, 0.29) is 38.2 Å². The SMILES string of the molecule is Cc1ccc([C@]23OC[C@](C(C)(C)O)(O2)[C@@H](OCc2ccccc2)[C@H](OCc2ccccc2)[C@H]3OCc2ccccc2)cc1Cc1ccc(CCCC(=O)N[C@H](C)C(=O)NCCN(C)C)cc1. The van der Waals surface area contributed by atoms with Crippen LogP contribution in [0.4, 0.5) is 0 Å². The van der Waals surface area contributed by atoms with E-state index in [1.807, 2.05) is 116 Å². The lowest BCUT2D eigenvalue weighted by molar-refractivity contribution is -0.369. The molecule has 2 amide bonds. The summed E-state index contributed by atoms with van der Waals surface area (Å²) in [5.41, 5.74) is 5.38. The number of carbonyl (C=O) groups is 2. The van der Waals surface area contributed by atoms with Crippen molar-refractivity contribution >= 4 is 11.8 Å². The van der Waals surface area contributed by atoms with Crippen molar-refractivity contribution in [1.29, 1.82) is 0 Å². The Morgan fingerprint density at radius 3 is 1.91 bits per heavy atom. The maximum Gasteiger partial charge on any atom is 0.242 e. The van der Waals surface area contributed by atoms with Crippen LogP contribution in [-0.2, 0) is 71.7 Å². The van der Waals surface area contributed by atoms with Crippen molar-refractivity contribution < 1.29 is 38.4 Å². The van der Waals surface area contributed by atoms with Gasteiger partial charge in [0, 0.05) is 25.1 Å². The molecule has 350 valence electrons. The van der Waals surface area contributed by atoms with Crippen LogP contribution in [0.25, 0.3) is 0 Å². The Labute approximate surface area is 390 Å². The Balaban J connectivity index is 1.13. The highest BCUT2D eigenvalue weighted by atomic mass is 16.8. The van der Waals surface area contributed by atoms with Gasteiger partial charge in [-0.3, -0.25) is 9.59 Å². The number of nitrogens with one attached hydrogen (secondary N) is 2. The van der Waals surface area contributed by atoms with E-state index in [0.29, 0.717) is 25.8 Å². The Morgan fingerprint density at radius 1 is 0.773 bits per heavy atom. The van der Waals surface area contributed by atoms with Gasteiger partial charge in [-0.2, -0.15) is 0 Å². The molecule has 2 aliphatic rings. The molecule has 5 aromatic rings. The highest BCUT2D eigenvalue weighted by Gasteiger charge is 2.73. The van der Waals surface area contributed by atoms with Crippen molar-refractivity contribution in [3.05, 3.63) is 178 Å². The first kappa shape index (κ1) is 48.7. The van der Waals surface area contributed by atoms with E-state index in [9.17, 15) is 14.7 Å². The molecule has 2 heterocycles. The highest BCUT2D eigenvalue weighted by Crippen LogP contribution is 2.56.